The topological polar surface area (TPSA) is 130 Å². The molecule has 0 spiro atoms. The molecule has 0 saturated carbocycles. The molecule has 1 aliphatic rings. The van der Waals surface area contributed by atoms with E-state index < -0.39 is 12.1 Å². The number of nitroso groups, excluding NO2 is 1. The molecule has 1 unspecified atom stereocenters. The van der Waals surface area contributed by atoms with Gasteiger partial charge < -0.3 is 16.1 Å². The smallest absolute Gasteiger partial charge is 0.316 e. The van der Waals surface area contributed by atoms with Crippen LogP contribution in [-0.2, 0) is 4.79 Å². The Morgan fingerprint density at radius 3 is 2.33 bits per heavy atom. The first-order valence-electron chi connectivity index (χ1n) is 11.0. The van der Waals surface area contributed by atoms with Gasteiger partial charge in [0.15, 0.2) is 0 Å². The molecule has 2 aromatic rings. The molecule has 1 atom stereocenters. The number of hydrogen-bond acceptors (Lipinski definition) is 6. The van der Waals surface area contributed by atoms with E-state index in [2.05, 4.69) is 34.7 Å². The molecule has 0 aromatic heterocycles. The highest BCUT2D eigenvalue weighted by atomic mass is 16.3. The second-order valence-electron chi connectivity index (χ2n) is 7.83. The third kappa shape index (κ3) is 5.68. The maximum absolute atomic E-state index is 13.3. The molecular weight excluding hydrogens is 420 g/mol. The zero-order valence-corrected chi connectivity index (χ0v) is 18.8. The van der Waals surface area contributed by atoms with Gasteiger partial charge in [-0.25, -0.2) is 0 Å². The quantitative estimate of drug-likeness (QED) is 0.260. The highest BCUT2D eigenvalue weighted by Gasteiger charge is 2.24. The maximum Gasteiger partial charge on any atom is 0.316 e. The lowest BCUT2D eigenvalue weighted by Gasteiger charge is -2.23. The first-order valence-corrected chi connectivity index (χ1v) is 11.0. The van der Waals surface area contributed by atoms with Crippen molar-refractivity contribution in [2.45, 2.75) is 39.3 Å². The van der Waals surface area contributed by atoms with E-state index in [1.165, 1.54) is 0 Å². The van der Waals surface area contributed by atoms with Gasteiger partial charge in [0.25, 0.3) is 0 Å². The van der Waals surface area contributed by atoms with Crippen LogP contribution in [0.1, 0.15) is 49.0 Å². The van der Waals surface area contributed by atoms with Crippen LogP contribution in [0.25, 0.3) is 17.2 Å². The third-order valence-corrected chi connectivity index (χ3v) is 5.42. The molecule has 0 aliphatic carbocycles. The largest absolute Gasteiger partial charge is 0.361 e. The monoisotopic (exact) mass is 448 g/mol. The Hall–Kier alpha value is -3.88. The van der Waals surface area contributed by atoms with Crippen molar-refractivity contribution in [3.8, 4) is 11.1 Å². The molecule has 33 heavy (non-hydrogen) atoms. The predicted molar refractivity (Wildman–Crippen MR) is 128 cm³/mol. The van der Waals surface area contributed by atoms with Crippen molar-refractivity contribution in [1.82, 2.24) is 4.90 Å². The van der Waals surface area contributed by atoms with Crippen molar-refractivity contribution in [3.05, 3.63) is 64.1 Å². The van der Waals surface area contributed by atoms with E-state index >= 15 is 0 Å². The number of amides is 2. The van der Waals surface area contributed by atoms with Gasteiger partial charge in [-0.1, -0.05) is 43.3 Å². The fraction of sp³-hybridized carbons (Fsp3) is 0.333. The highest BCUT2D eigenvalue weighted by molar-refractivity contribution is 5.99. The van der Waals surface area contributed by atoms with E-state index in [0.717, 1.165) is 35.2 Å². The van der Waals surface area contributed by atoms with E-state index in [-0.39, 0.29) is 11.5 Å². The minimum atomic E-state index is -0.803. The summed E-state index contributed by atoms with van der Waals surface area (Å²) in [6, 6.07) is 12.5. The van der Waals surface area contributed by atoms with Crippen molar-refractivity contribution in [3.63, 3.8) is 0 Å². The summed E-state index contributed by atoms with van der Waals surface area (Å²) in [7, 11) is 0. The molecule has 2 amide bonds. The summed E-state index contributed by atoms with van der Waals surface area (Å²) < 4.78 is 0. The molecule has 1 aliphatic heterocycles. The number of nitrogens with zero attached hydrogens (tertiary/aromatic N) is 4. The standard InChI is InChI=1S/C24H28N6O3/c1-3-11-30(12-4-2)24(32)20-13-19-10-9-18(14-21(19)26-22(15-20)27-29-25)16-5-7-17(8-6-16)23(31)28-33/h5-10,13-14,22,26H,3-4,11-12,15H2,1-2H3,(H2,25,27). The number of benzene rings is 2. The van der Waals surface area contributed by atoms with Crippen LogP contribution < -0.4 is 11.2 Å². The first-order chi connectivity index (χ1) is 16.0. The van der Waals surface area contributed by atoms with E-state index in [9.17, 15) is 14.5 Å². The van der Waals surface area contributed by atoms with Gasteiger partial charge in [-0.3, -0.25) is 9.59 Å². The number of hydrogen-bond donors (Lipinski definition) is 2. The molecule has 3 N–H and O–H groups in total. The van der Waals surface area contributed by atoms with Crippen LogP contribution in [0.3, 0.4) is 0 Å². The summed E-state index contributed by atoms with van der Waals surface area (Å²) in [5, 5.41) is 13.3. The van der Waals surface area contributed by atoms with E-state index in [4.69, 9.17) is 5.84 Å². The molecule has 9 heteroatoms. The van der Waals surface area contributed by atoms with Crippen LogP contribution >= 0.6 is 0 Å². The minimum absolute atomic E-state index is 0.00121. The van der Waals surface area contributed by atoms with E-state index in [1.54, 1.807) is 24.3 Å². The number of rotatable bonds is 8. The molecular formula is C24H28N6O3. The zero-order chi connectivity index (χ0) is 23.8. The van der Waals surface area contributed by atoms with Crippen molar-refractivity contribution in [2.24, 2.45) is 21.4 Å². The summed E-state index contributed by atoms with van der Waals surface area (Å²) in [6.07, 6.45) is 3.55. The maximum atomic E-state index is 13.3. The number of carbonyl (C=O) groups is 2. The zero-order valence-electron chi connectivity index (χ0n) is 18.8. The van der Waals surface area contributed by atoms with Crippen LogP contribution in [0.4, 0.5) is 5.69 Å². The van der Waals surface area contributed by atoms with E-state index in [1.807, 2.05) is 29.2 Å². The molecule has 0 radical (unpaired) electrons. The van der Waals surface area contributed by atoms with Gasteiger partial charge in [0, 0.05) is 41.5 Å². The van der Waals surface area contributed by atoms with Crippen LogP contribution in [-0.4, -0.2) is 36.0 Å². The normalized spacial score (nSPS) is 15.2. The first kappa shape index (κ1) is 23.8. The van der Waals surface area contributed by atoms with Crippen LogP contribution in [0, 0.1) is 4.91 Å². The summed E-state index contributed by atoms with van der Waals surface area (Å²) in [4.78, 5) is 37.0. The molecule has 2 aromatic carbocycles. The lowest BCUT2D eigenvalue weighted by Crippen LogP contribution is -2.34. The molecule has 1 heterocycles. The van der Waals surface area contributed by atoms with Crippen LogP contribution in [0.2, 0.25) is 0 Å². The number of nitrogens with two attached hydrogens (primary N) is 1. The number of anilines is 1. The Morgan fingerprint density at radius 1 is 1.06 bits per heavy atom. The second kappa shape index (κ2) is 11.1. The Balaban J connectivity index is 1.97. The fourth-order valence-electron chi connectivity index (χ4n) is 3.89. The average Bonchev–Trinajstić information content (AvgIpc) is 3.02. The predicted octanol–water partition coefficient (Wildman–Crippen LogP) is 4.76. The van der Waals surface area contributed by atoms with Gasteiger partial charge in [0.05, 0.1) is 0 Å². The van der Waals surface area contributed by atoms with Gasteiger partial charge in [-0.15, -0.1) is 10.0 Å². The number of nitrogens with one attached hydrogen (secondary N) is 1. The Bertz CT molecular complexity index is 1070. The van der Waals surface area contributed by atoms with Crippen molar-refractivity contribution >= 4 is 23.6 Å². The highest BCUT2D eigenvalue weighted by Crippen LogP contribution is 2.32. The Kier molecular flexibility index (Phi) is 8.01. The van der Waals surface area contributed by atoms with Crippen molar-refractivity contribution in [2.75, 3.05) is 18.4 Å². The van der Waals surface area contributed by atoms with E-state index in [0.29, 0.717) is 25.1 Å². The van der Waals surface area contributed by atoms with Gasteiger partial charge >= 0.3 is 5.91 Å². The Labute approximate surface area is 192 Å². The molecule has 172 valence electrons. The number of fused-ring (bicyclic) bond motifs is 1. The van der Waals surface area contributed by atoms with Gasteiger partial charge in [-0.2, -0.15) is 0 Å². The molecule has 9 nitrogen and oxygen atoms in total. The molecule has 0 bridgehead atoms. The Morgan fingerprint density at radius 2 is 1.73 bits per heavy atom. The van der Waals surface area contributed by atoms with Crippen molar-refractivity contribution in [1.29, 1.82) is 0 Å². The molecule has 0 saturated heterocycles. The minimum Gasteiger partial charge on any atom is -0.361 e. The summed E-state index contributed by atoms with van der Waals surface area (Å²) in [5.74, 6) is 4.52. The van der Waals surface area contributed by atoms with Crippen LogP contribution in [0.5, 0.6) is 0 Å². The van der Waals surface area contributed by atoms with Gasteiger partial charge in [-0.05, 0) is 53.8 Å². The SMILES string of the molecule is CCCN(CCC)C(=O)C1=Cc2ccc(-c3ccc(C(=O)N=O)cc3)cc2NC(N=NN)C1. The fourth-order valence-corrected chi connectivity index (χ4v) is 3.89. The van der Waals surface area contributed by atoms with Gasteiger partial charge in [0.1, 0.15) is 6.17 Å². The van der Waals surface area contributed by atoms with Crippen molar-refractivity contribution < 1.29 is 9.59 Å². The third-order valence-electron chi connectivity index (χ3n) is 5.42. The molecule has 3 rings (SSSR count). The second-order valence-corrected chi connectivity index (χ2v) is 7.83. The summed E-state index contributed by atoms with van der Waals surface area (Å²) in [5.41, 5.74) is 4.30. The molecule has 0 fully saturated rings. The lowest BCUT2D eigenvalue weighted by atomic mass is 10.00. The van der Waals surface area contributed by atoms with Crippen LogP contribution in [0.15, 0.2) is 63.6 Å². The summed E-state index contributed by atoms with van der Waals surface area (Å²) in [6.45, 7) is 5.51. The summed E-state index contributed by atoms with van der Waals surface area (Å²) >= 11 is 0. The van der Waals surface area contributed by atoms with Gasteiger partial charge in [0.2, 0.25) is 5.91 Å². The number of carbonyl (C=O) groups excluding carboxylic acids is 2. The lowest BCUT2D eigenvalue weighted by molar-refractivity contribution is -0.127. The average molecular weight is 449 g/mol.